The third-order valence-electron chi connectivity index (χ3n) is 2.71. The van der Waals surface area contributed by atoms with Crippen LogP contribution in [0.5, 0.6) is 5.75 Å². The lowest BCUT2D eigenvalue weighted by molar-refractivity contribution is 0.335. The highest BCUT2D eigenvalue weighted by molar-refractivity contribution is 5.39. The van der Waals surface area contributed by atoms with Gasteiger partial charge in [-0.3, -0.25) is 0 Å². The fraction of sp³-hybridized carbons (Fsp3) is 0.500. The molecule has 0 radical (unpaired) electrons. The highest BCUT2D eigenvalue weighted by Gasteiger charge is 2.08. The first-order valence-electron chi connectivity index (χ1n) is 6.34. The number of ether oxygens (including phenoxy) is 1. The Morgan fingerprint density at radius 3 is 2.65 bits per heavy atom. The first kappa shape index (κ1) is 13.6. The van der Waals surface area contributed by atoms with E-state index >= 15 is 0 Å². The lowest BCUT2D eigenvalue weighted by atomic mass is 9.98. The van der Waals surface area contributed by atoms with Gasteiger partial charge in [0.15, 0.2) is 0 Å². The normalized spacial score (nSPS) is 9.94. The summed E-state index contributed by atoms with van der Waals surface area (Å²) in [5.74, 6) is 7.55. The van der Waals surface area contributed by atoms with Crippen molar-refractivity contribution in [3.05, 3.63) is 29.3 Å². The van der Waals surface area contributed by atoms with E-state index in [9.17, 15) is 0 Å². The summed E-state index contributed by atoms with van der Waals surface area (Å²) in [6, 6.07) is 6.49. The summed E-state index contributed by atoms with van der Waals surface area (Å²) in [4.78, 5) is 0. The van der Waals surface area contributed by atoms with E-state index < -0.39 is 0 Å². The van der Waals surface area contributed by atoms with E-state index in [4.69, 9.17) is 4.74 Å². The van der Waals surface area contributed by atoms with Crippen LogP contribution >= 0.6 is 0 Å². The van der Waals surface area contributed by atoms with Crippen molar-refractivity contribution in [1.29, 1.82) is 0 Å². The maximum atomic E-state index is 5.65. The molecule has 1 nitrogen and oxygen atoms in total. The average Bonchev–Trinajstić information content (AvgIpc) is 2.31. The third-order valence-corrected chi connectivity index (χ3v) is 2.71. The van der Waals surface area contributed by atoms with Crippen LogP contribution in [0.25, 0.3) is 0 Å². The molecule has 1 rings (SSSR count). The van der Waals surface area contributed by atoms with Gasteiger partial charge < -0.3 is 4.74 Å². The summed E-state index contributed by atoms with van der Waals surface area (Å²) in [6.07, 6.45) is 1.95. The summed E-state index contributed by atoms with van der Waals surface area (Å²) >= 11 is 0. The molecule has 0 aliphatic heterocycles. The molecule has 0 heterocycles. The molecule has 0 aliphatic rings. The van der Waals surface area contributed by atoms with Gasteiger partial charge in [0.1, 0.15) is 5.75 Å². The lowest BCUT2D eigenvalue weighted by Gasteiger charge is -2.14. The molecule has 92 valence electrons. The SMILES string of the molecule is CC#CCCc1ccc(OCC)c(C(C)C)c1. The van der Waals surface area contributed by atoms with Gasteiger partial charge >= 0.3 is 0 Å². The molecule has 0 N–H and O–H groups in total. The van der Waals surface area contributed by atoms with Gasteiger partial charge in [0, 0.05) is 6.42 Å². The van der Waals surface area contributed by atoms with Crippen LogP contribution in [0.15, 0.2) is 18.2 Å². The van der Waals surface area contributed by atoms with Crippen molar-refractivity contribution in [2.75, 3.05) is 6.61 Å². The van der Waals surface area contributed by atoms with Crippen LogP contribution in [0.1, 0.15) is 51.2 Å². The number of aryl methyl sites for hydroxylation is 1. The maximum absolute atomic E-state index is 5.65. The van der Waals surface area contributed by atoms with Crippen LogP contribution in [-0.2, 0) is 6.42 Å². The highest BCUT2D eigenvalue weighted by Crippen LogP contribution is 2.28. The van der Waals surface area contributed by atoms with Crippen LogP contribution in [0.4, 0.5) is 0 Å². The molecule has 0 spiro atoms. The molecule has 0 amide bonds. The first-order chi connectivity index (χ1) is 8.19. The Kier molecular flexibility index (Phi) is 5.63. The number of benzene rings is 1. The Morgan fingerprint density at radius 2 is 2.06 bits per heavy atom. The van der Waals surface area contributed by atoms with Crippen LogP contribution in [0, 0.1) is 11.8 Å². The van der Waals surface area contributed by atoms with E-state index in [1.54, 1.807) is 0 Å². The van der Waals surface area contributed by atoms with Crippen molar-refractivity contribution in [2.24, 2.45) is 0 Å². The fourth-order valence-electron chi connectivity index (χ4n) is 1.82. The molecule has 0 unspecified atom stereocenters. The van der Waals surface area contributed by atoms with Crippen molar-refractivity contribution < 1.29 is 4.74 Å². The van der Waals surface area contributed by atoms with Gasteiger partial charge in [0.2, 0.25) is 0 Å². The van der Waals surface area contributed by atoms with Crippen LogP contribution < -0.4 is 4.74 Å². The van der Waals surface area contributed by atoms with Crippen molar-refractivity contribution in [3.63, 3.8) is 0 Å². The molecule has 0 atom stereocenters. The van der Waals surface area contributed by atoms with E-state index in [2.05, 4.69) is 43.9 Å². The standard InChI is InChI=1S/C16H22O/c1-5-7-8-9-14-10-11-16(17-6-2)15(12-14)13(3)4/h10-13H,6,8-9H2,1-4H3. The molecule has 0 aromatic heterocycles. The van der Waals surface area contributed by atoms with Gasteiger partial charge in [-0.2, -0.15) is 0 Å². The molecule has 17 heavy (non-hydrogen) atoms. The molecule has 1 aromatic rings. The van der Waals surface area contributed by atoms with E-state index in [0.29, 0.717) is 5.92 Å². The zero-order chi connectivity index (χ0) is 12.7. The Balaban J connectivity index is 2.87. The monoisotopic (exact) mass is 230 g/mol. The van der Waals surface area contributed by atoms with Crippen molar-refractivity contribution in [3.8, 4) is 17.6 Å². The summed E-state index contributed by atoms with van der Waals surface area (Å²) in [7, 11) is 0. The van der Waals surface area contributed by atoms with Gasteiger partial charge in [-0.15, -0.1) is 11.8 Å². The average molecular weight is 230 g/mol. The van der Waals surface area contributed by atoms with Gasteiger partial charge in [-0.05, 0) is 43.4 Å². The van der Waals surface area contributed by atoms with Crippen molar-refractivity contribution in [2.45, 2.75) is 46.5 Å². The van der Waals surface area contributed by atoms with Crippen LogP contribution in [-0.4, -0.2) is 6.61 Å². The second-order valence-corrected chi connectivity index (χ2v) is 4.39. The predicted octanol–water partition coefficient (Wildman–Crippen LogP) is 4.16. The predicted molar refractivity (Wildman–Crippen MR) is 73.5 cm³/mol. The minimum absolute atomic E-state index is 0.494. The number of rotatable bonds is 5. The first-order valence-corrected chi connectivity index (χ1v) is 6.34. The smallest absolute Gasteiger partial charge is 0.122 e. The second-order valence-electron chi connectivity index (χ2n) is 4.39. The number of hydrogen-bond donors (Lipinski definition) is 0. The Hall–Kier alpha value is -1.42. The maximum Gasteiger partial charge on any atom is 0.122 e. The van der Waals surface area contributed by atoms with Crippen LogP contribution in [0.3, 0.4) is 0 Å². The largest absolute Gasteiger partial charge is 0.494 e. The second kappa shape index (κ2) is 7.01. The van der Waals surface area contributed by atoms with Gasteiger partial charge in [-0.1, -0.05) is 26.0 Å². The van der Waals surface area contributed by atoms with E-state index in [1.165, 1.54) is 11.1 Å². The topological polar surface area (TPSA) is 9.23 Å². The van der Waals surface area contributed by atoms with E-state index in [-0.39, 0.29) is 0 Å². The summed E-state index contributed by atoms with van der Waals surface area (Å²) < 4.78 is 5.65. The molecular weight excluding hydrogens is 208 g/mol. The van der Waals surface area contributed by atoms with E-state index in [1.807, 2.05) is 13.8 Å². The fourth-order valence-corrected chi connectivity index (χ4v) is 1.82. The summed E-state index contributed by atoms with van der Waals surface area (Å²) in [5.41, 5.74) is 2.65. The Morgan fingerprint density at radius 1 is 1.29 bits per heavy atom. The minimum atomic E-state index is 0.494. The van der Waals surface area contributed by atoms with Gasteiger partial charge in [0.25, 0.3) is 0 Å². The van der Waals surface area contributed by atoms with E-state index in [0.717, 1.165) is 25.2 Å². The lowest BCUT2D eigenvalue weighted by Crippen LogP contribution is -1.99. The molecule has 0 bridgehead atoms. The molecule has 1 aromatic carbocycles. The number of hydrogen-bond acceptors (Lipinski definition) is 1. The molecule has 0 aliphatic carbocycles. The molecule has 0 fully saturated rings. The zero-order valence-electron chi connectivity index (χ0n) is 11.3. The molecular formula is C16H22O. The third kappa shape index (κ3) is 4.15. The zero-order valence-corrected chi connectivity index (χ0v) is 11.3. The highest BCUT2D eigenvalue weighted by atomic mass is 16.5. The minimum Gasteiger partial charge on any atom is -0.494 e. The van der Waals surface area contributed by atoms with Crippen LogP contribution in [0.2, 0.25) is 0 Å². The summed E-state index contributed by atoms with van der Waals surface area (Å²) in [6.45, 7) is 9.04. The van der Waals surface area contributed by atoms with Crippen molar-refractivity contribution in [1.82, 2.24) is 0 Å². The van der Waals surface area contributed by atoms with Gasteiger partial charge in [-0.25, -0.2) is 0 Å². The molecule has 0 saturated heterocycles. The Bertz CT molecular complexity index is 407. The summed E-state index contributed by atoms with van der Waals surface area (Å²) in [5, 5.41) is 0. The molecule has 0 saturated carbocycles. The molecule has 1 heteroatoms. The quantitative estimate of drug-likeness (QED) is 0.690. The van der Waals surface area contributed by atoms with Crippen molar-refractivity contribution >= 4 is 0 Å². The van der Waals surface area contributed by atoms with Gasteiger partial charge in [0.05, 0.1) is 6.61 Å². The Labute approximate surface area is 105 Å².